The fourth-order valence-electron chi connectivity index (χ4n) is 2.69. The molecule has 1 atom stereocenters. The molecule has 0 aromatic carbocycles. The molecule has 1 aliphatic rings. The summed E-state index contributed by atoms with van der Waals surface area (Å²) in [6.07, 6.45) is 2.98. The van der Waals surface area contributed by atoms with Crippen molar-refractivity contribution in [1.82, 2.24) is 4.72 Å². The highest BCUT2D eigenvalue weighted by Crippen LogP contribution is 2.38. The summed E-state index contributed by atoms with van der Waals surface area (Å²) in [4.78, 5) is 0.204. The average molecular weight is 286 g/mol. The van der Waals surface area contributed by atoms with Gasteiger partial charge in [0.25, 0.3) is 0 Å². The van der Waals surface area contributed by atoms with Crippen LogP contribution in [0.2, 0.25) is 0 Å². The highest BCUT2D eigenvalue weighted by atomic mass is 32.2. The Bertz CT molecular complexity index is 560. The Morgan fingerprint density at radius 3 is 2.68 bits per heavy atom. The second-order valence-electron chi connectivity index (χ2n) is 5.89. The molecule has 5 nitrogen and oxygen atoms in total. The van der Waals surface area contributed by atoms with E-state index in [9.17, 15) is 8.42 Å². The van der Waals surface area contributed by atoms with E-state index in [1.807, 2.05) is 0 Å². The Balaban J connectivity index is 2.25. The Labute approximate surface area is 114 Å². The van der Waals surface area contributed by atoms with Crippen LogP contribution in [0.25, 0.3) is 0 Å². The van der Waals surface area contributed by atoms with Gasteiger partial charge in [0.1, 0.15) is 16.4 Å². The SMILES string of the molecule is Cc1oc(CN)cc1S(=O)(=O)NC1CCCC1(C)C. The van der Waals surface area contributed by atoms with Gasteiger partial charge in [-0.25, -0.2) is 13.1 Å². The molecule has 0 radical (unpaired) electrons. The highest BCUT2D eigenvalue weighted by molar-refractivity contribution is 7.89. The third-order valence-electron chi connectivity index (χ3n) is 3.97. The van der Waals surface area contributed by atoms with Gasteiger partial charge in [-0.15, -0.1) is 0 Å². The summed E-state index contributed by atoms with van der Waals surface area (Å²) in [6.45, 7) is 6.04. The van der Waals surface area contributed by atoms with Gasteiger partial charge in [0.15, 0.2) is 0 Å². The van der Waals surface area contributed by atoms with Crippen molar-refractivity contribution in [2.24, 2.45) is 11.1 Å². The second kappa shape index (κ2) is 4.92. The summed E-state index contributed by atoms with van der Waals surface area (Å²) >= 11 is 0. The molecular weight excluding hydrogens is 264 g/mol. The monoisotopic (exact) mass is 286 g/mol. The summed E-state index contributed by atoms with van der Waals surface area (Å²) in [5.74, 6) is 0.882. The number of sulfonamides is 1. The van der Waals surface area contributed by atoms with Crippen molar-refractivity contribution >= 4 is 10.0 Å². The second-order valence-corrected chi connectivity index (χ2v) is 7.57. The summed E-state index contributed by atoms with van der Waals surface area (Å²) in [6, 6.07) is 1.49. The van der Waals surface area contributed by atoms with E-state index in [-0.39, 0.29) is 22.9 Å². The van der Waals surface area contributed by atoms with E-state index in [0.717, 1.165) is 19.3 Å². The lowest BCUT2D eigenvalue weighted by Crippen LogP contribution is -2.41. The van der Waals surface area contributed by atoms with Crippen LogP contribution in [0.15, 0.2) is 15.4 Å². The van der Waals surface area contributed by atoms with Crippen LogP contribution in [-0.4, -0.2) is 14.5 Å². The normalized spacial score (nSPS) is 22.8. The van der Waals surface area contributed by atoms with Gasteiger partial charge in [-0.1, -0.05) is 20.3 Å². The number of hydrogen-bond acceptors (Lipinski definition) is 4. The molecule has 1 aromatic heterocycles. The number of furan rings is 1. The van der Waals surface area contributed by atoms with Crippen molar-refractivity contribution in [3.8, 4) is 0 Å². The van der Waals surface area contributed by atoms with Crippen LogP contribution in [0, 0.1) is 12.3 Å². The van der Waals surface area contributed by atoms with Crippen LogP contribution in [0.3, 0.4) is 0 Å². The Kier molecular flexibility index (Phi) is 3.77. The number of nitrogens with one attached hydrogen (secondary N) is 1. The maximum atomic E-state index is 12.4. The fourth-order valence-corrected chi connectivity index (χ4v) is 4.33. The minimum Gasteiger partial charge on any atom is -0.464 e. The van der Waals surface area contributed by atoms with Crippen molar-refractivity contribution < 1.29 is 12.8 Å². The zero-order chi connectivity index (χ0) is 14.3. The Hall–Kier alpha value is -0.850. The van der Waals surface area contributed by atoms with Crippen molar-refractivity contribution in [1.29, 1.82) is 0 Å². The van der Waals surface area contributed by atoms with Crippen molar-refractivity contribution in [2.45, 2.75) is 57.5 Å². The largest absolute Gasteiger partial charge is 0.464 e. The molecule has 108 valence electrons. The van der Waals surface area contributed by atoms with E-state index in [1.165, 1.54) is 6.07 Å². The third-order valence-corrected chi connectivity index (χ3v) is 5.55. The fraction of sp³-hybridized carbons (Fsp3) is 0.692. The predicted octanol–water partition coefficient (Wildman–Crippen LogP) is 1.90. The van der Waals surface area contributed by atoms with E-state index < -0.39 is 10.0 Å². The molecule has 0 bridgehead atoms. The number of rotatable bonds is 4. The molecule has 1 fully saturated rings. The highest BCUT2D eigenvalue weighted by Gasteiger charge is 2.37. The third kappa shape index (κ3) is 2.85. The molecule has 1 aromatic rings. The molecule has 0 saturated heterocycles. The zero-order valence-corrected chi connectivity index (χ0v) is 12.5. The molecule has 6 heteroatoms. The maximum absolute atomic E-state index is 12.4. The van der Waals surface area contributed by atoms with Gasteiger partial charge in [-0.3, -0.25) is 0 Å². The first-order valence-corrected chi connectivity index (χ1v) is 8.06. The van der Waals surface area contributed by atoms with Gasteiger partial charge in [-0.2, -0.15) is 0 Å². The Morgan fingerprint density at radius 2 is 2.21 bits per heavy atom. The van der Waals surface area contributed by atoms with E-state index in [2.05, 4.69) is 18.6 Å². The quantitative estimate of drug-likeness (QED) is 0.885. The molecule has 1 unspecified atom stereocenters. The van der Waals surface area contributed by atoms with Crippen LogP contribution in [-0.2, 0) is 16.6 Å². The lowest BCUT2D eigenvalue weighted by molar-refractivity contribution is 0.312. The first kappa shape index (κ1) is 14.6. The zero-order valence-electron chi connectivity index (χ0n) is 11.7. The van der Waals surface area contributed by atoms with Crippen LogP contribution in [0.4, 0.5) is 0 Å². The van der Waals surface area contributed by atoms with Crippen LogP contribution in [0.1, 0.15) is 44.6 Å². The molecule has 1 saturated carbocycles. The molecule has 2 rings (SSSR count). The van der Waals surface area contributed by atoms with Gasteiger partial charge in [0, 0.05) is 12.1 Å². The number of aryl methyl sites for hydroxylation is 1. The molecule has 1 heterocycles. The van der Waals surface area contributed by atoms with Gasteiger partial charge in [0.05, 0.1) is 6.54 Å². The lowest BCUT2D eigenvalue weighted by Gasteiger charge is -2.27. The van der Waals surface area contributed by atoms with Gasteiger partial charge in [0.2, 0.25) is 10.0 Å². The minimum atomic E-state index is -3.53. The molecule has 3 N–H and O–H groups in total. The predicted molar refractivity (Wildman–Crippen MR) is 73.1 cm³/mol. The van der Waals surface area contributed by atoms with Crippen molar-refractivity contribution in [3.05, 3.63) is 17.6 Å². The van der Waals surface area contributed by atoms with E-state index >= 15 is 0 Å². The van der Waals surface area contributed by atoms with E-state index in [0.29, 0.717) is 11.5 Å². The molecule has 0 amide bonds. The Morgan fingerprint density at radius 1 is 1.53 bits per heavy atom. The van der Waals surface area contributed by atoms with E-state index in [1.54, 1.807) is 6.92 Å². The minimum absolute atomic E-state index is 0.00140. The first-order chi connectivity index (χ1) is 8.76. The van der Waals surface area contributed by atoms with Crippen LogP contribution >= 0.6 is 0 Å². The summed E-state index contributed by atoms with van der Waals surface area (Å²) in [5, 5.41) is 0. The number of hydrogen-bond donors (Lipinski definition) is 2. The molecule has 19 heavy (non-hydrogen) atoms. The van der Waals surface area contributed by atoms with E-state index in [4.69, 9.17) is 10.2 Å². The maximum Gasteiger partial charge on any atom is 0.244 e. The molecule has 0 spiro atoms. The summed E-state index contributed by atoms with van der Waals surface area (Å²) in [5.41, 5.74) is 5.47. The topological polar surface area (TPSA) is 85.3 Å². The number of nitrogens with two attached hydrogens (primary N) is 1. The smallest absolute Gasteiger partial charge is 0.244 e. The molecule has 0 aliphatic heterocycles. The van der Waals surface area contributed by atoms with Crippen LogP contribution < -0.4 is 10.5 Å². The first-order valence-electron chi connectivity index (χ1n) is 6.58. The van der Waals surface area contributed by atoms with Gasteiger partial charge in [-0.05, 0) is 25.2 Å². The molecule has 1 aliphatic carbocycles. The standard InChI is InChI=1S/C13H22N2O3S/c1-9-11(7-10(8-14)18-9)19(16,17)15-12-5-4-6-13(12,2)3/h7,12,15H,4-6,8,14H2,1-3H3. The average Bonchev–Trinajstić information content (AvgIpc) is 2.83. The lowest BCUT2D eigenvalue weighted by atomic mass is 9.88. The van der Waals surface area contributed by atoms with Crippen molar-refractivity contribution in [3.63, 3.8) is 0 Å². The van der Waals surface area contributed by atoms with Crippen molar-refractivity contribution in [2.75, 3.05) is 0 Å². The summed E-state index contributed by atoms with van der Waals surface area (Å²) in [7, 11) is -3.53. The molecular formula is C13H22N2O3S. The van der Waals surface area contributed by atoms with Gasteiger partial charge >= 0.3 is 0 Å². The summed E-state index contributed by atoms with van der Waals surface area (Å²) < 4.78 is 33.0. The van der Waals surface area contributed by atoms with Crippen LogP contribution in [0.5, 0.6) is 0 Å². The van der Waals surface area contributed by atoms with Gasteiger partial charge < -0.3 is 10.2 Å².